The molecule has 7 heteroatoms. The first-order valence-corrected chi connectivity index (χ1v) is 13.5. The second-order valence-corrected chi connectivity index (χ2v) is 10.9. The normalized spacial score (nSPS) is 11.8. The van der Waals surface area contributed by atoms with Gasteiger partial charge in [-0.3, -0.25) is 9.59 Å². The lowest BCUT2D eigenvalue weighted by molar-refractivity contribution is -0.143. The zero-order chi connectivity index (χ0) is 26.2. The van der Waals surface area contributed by atoms with Gasteiger partial charge in [-0.2, -0.15) is 0 Å². The lowest BCUT2D eigenvalue weighted by atomic mass is 10.0. The van der Waals surface area contributed by atoms with Gasteiger partial charge in [-0.15, -0.1) is 0 Å². The minimum absolute atomic E-state index is 0.0523. The van der Waals surface area contributed by atoms with Gasteiger partial charge in [0.2, 0.25) is 5.91 Å². The van der Waals surface area contributed by atoms with Crippen molar-refractivity contribution in [2.75, 3.05) is 6.61 Å². The van der Waals surface area contributed by atoms with Crippen LogP contribution in [0.2, 0.25) is 0 Å². The third kappa shape index (κ3) is 7.93. The maximum atomic E-state index is 13.7. The second kappa shape index (κ2) is 13.1. The minimum atomic E-state index is -0.696. The SMILES string of the molecule is Cc1cc(OCC(=O)N(Cc2cccc(Br)c2)[C@@H](Cc2ccccc2)C(=O)NC(C)C)cc(C)c1Br. The van der Waals surface area contributed by atoms with Gasteiger partial charge in [0.05, 0.1) is 0 Å². The molecular weight excluding hydrogens is 584 g/mol. The highest BCUT2D eigenvalue weighted by Gasteiger charge is 2.31. The topological polar surface area (TPSA) is 58.6 Å². The predicted octanol–water partition coefficient (Wildman–Crippen LogP) is 6.37. The van der Waals surface area contributed by atoms with Crippen molar-refractivity contribution in [3.05, 3.63) is 97.9 Å². The Morgan fingerprint density at radius 1 is 0.917 bits per heavy atom. The van der Waals surface area contributed by atoms with E-state index in [0.717, 1.165) is 31.2 Å². The lowest BCUT2D eigenvalue weighted by Gasteiger charge is -2.32. The van der Waals surface area contributed by atoms with Crippen molar-refractivity contribution in [2.45, 2.75) is 52.7 Å². The molecule has 0 radical (unpaired) electrons. The molecule has 0 aromatic heterocycles. The molecule has 0 heterocycles. The molecule has 0 bridgehead atoms. The zero-order valence-electron chi connectivity index (χ0n) is 21.1. The van der Waals surface area contributed by atoms with Crippen molar-refractivity contribution >= 4 is 43.7 Å². The highest BCUT2D eigenvalue weighted by molar-refractivity contribution is 9.10. The summed E-state index contributed by atoms with van der Waals surface area (Å²) in [5.74, 6) is 0.177. The summed E-state index contributed by atoms with van der Waals surface area (Å²) in [5, 5.41) is 3.00. The van der Waals surface area contributed by atoms with Gasteiger partial charge in [-0.05, 0) is 74.2 Å². The van der Waals surface area contributed by atoms with Crippen LogP contribution in [0, 0.1) is 13.8 Å². The third-order valence-corrected chi connectivity index (χ3v) is 7.46. The number of ether oxygens (including phenoxy) is 1. The first-order chi connectivity index (χ1) is 17.1. The molecule has 0 fully saturated rings. The Morgan fingerprint density at radius 2 is 1.56 bits per heavy atom. The summed E-state index contributed by atoms with van der Waals surface area (Å²) in [5.41, 5.74) is 3.96. The fraction of sp³-hybridized carbons (Fsp3) is 0.310. The highest BCUT2D eigenvalue weighted by atomic mass is 79.9. The monoisotopic (exact) mass is 614 g/mol. The summed E-state index contributed by atoms with van der Waals surface area (Å²) in [6, 6.07) is 20.6. The summed E-state index contributed by atoms with van der Waals surface area (Å²) in [6.45, 7) is 7.91. The number of amides is 2. The van der Waals surface area contributed by atoms with E-state index in [1.807, 2.05) is 94.4 Å². The molecule has 5 nitrogen and oxygen atoms in total. The number of nitrogens with zero attached hydrogens (tertiary/aromatic N) is 1. The fourth-order valence-electron chi connectivity index (χ4n) is 3.98. The van der Waals surface area contributed by atoms with Crippen LogP contribution < -0.4 is 10.1 Å². The van der Waals surface area contributed by atoms with Gasteiger partial charge >= 0.3 is 0 Å². The Kier molecular flexibility index (Phi) is 10.1. The first kappa shape index (κ1) is 27.9. The zero-order valence-corrected chi connectivity index (χ0v) is 24.2. The van der Waals surface area contributed by atoms with E-state index >= 15 is 0 Å². The molecule has 1 atom stereocenters. The highest BCUT2D eigenvalue weighted by Crippen LogP contribution is 2.26. The Labute approximate surface area is 230 Å². The molecule has 0 saturated carbocycles. The van der Waals surface area contributed by atoms with E-state index < -0.39 is 6.04 Å². The molecule has 3 aromatic rings. The standard InChI is InChI=1S/C29H32Br2N2O3/c1-19(2)32-29(35)26(16-22-9-6-5-7-10-22)33(17-23-11-8-12-24(30)15-23)27(34)18-36-25-13-20(3)28(31)21(4)14-25/h5-15,19,26H,16-18H2,1-4H3,(H,32,35)/t26-/m0/s1. The average Bonchev–Trinajstić information content (AvgIpc) is 2.83. The molecule has 0 aliphatic heterocycles. The Balaban J connectivity index is 1.92. The van der Waals surface area contributed by atoms with E-state index in [9.17, 15) is 9.59 Å². The molecule has 0 unspecified atom stereocenters. The number of hydrogen-bond acceptors (Lipinski definition) is 3. The number of benzene rings is 3. The quantitative estimate of drug-likeness (QED) is 0.288. The van der Waals surface area contributed by atoms with Gasteiger partial charge in [-0.25, -0.2) is 0 Å². The summed E-state index contributed by atoms with van der Waals surface area (Å²) >= 11 is 7.08. The Morgan fingerprint density at radius 3 is 2.17 bits per heavy atom. The van der Waals surface area contributed by atoms with E-state index in [1.165, 1.54) is 0 Å². The number of halogens is 2. The molecule has 1 N–H and O–H groups in total. The van der Waals surface area contributed by atoms with Crippen LogP contribution >= 0.6 is 31.9 Å². The maximum Gasteiger partial charge on any atom is 0.261 e. The van der Waals surface area contributed by atoms with E-state index in [4.69, 9.17) is 4.74 Å². The summed E-state index contributed by atoms with van der Waals surface area (Å²) in [4.78, 5) is 28.7. The van der Waals surface area contributed by atoms with Crippen LogP contribution in [-0.4, -0.2) is 35.4 Å². The molecule has 3 aromatic carbocycles. The van der Waals surface area contributed by atoms with Gasteiger partial charge < -0.3 is 15.0 Å². The lowest BCUT2D eigenvalue weighted by Crippen LogP contribution is -2.52. The molecule has 2 amide bonds. The molecular formula is C29H32Br2N2O3. The molecule has 0 spiro atoms. The number of aryl methyl sites for hydroxylation is 2. The largest absolute Gasteiger partial charge is 0.484 e. The third-order valence-electron chi connectivity index (χ3n) is 5.72. The van der Waals surface area contributed by atoms with Crippen molar-refractivity contribution in [3.63, 3.8) is 0 Å². The second-order valence-electron chi connectivity index (χ2n) is 9.18. The minimum Gasteiger partial charge on any atom is -0.484 e. The van der Waals surface area contributed by atoms with Gasteiger partial charge in [0.25, 0.3) is 5.91 Å². The number of carbonyl (C=O) groups excluding carboxylic acids is 2. The molecule has 36 heavy (non-hydrogen) atoms. The fourth-order valence-corrected chi connectivity index (χ4v) is 4.66. The van der Waals surface area contributed by atoms with Crippen LogP contribution in [-0.2, 0) is 22.6 Å². The summed E-state index contributed by atoms with van der Waals surface area (Å²) < 4.78 is 7.87. The van der Waals surface area contributed by atoms with E-state index in [1.54, 1.807) is 4.90 Å². The van der Waals surface area contributed by atoms with Gasteiger partial charge in [0.1, 0.15) is 11.8 Å². The number of rotatable bonds is 10. The number of carbonyl (C=O) groups is 2. The van der Waals surface area contributed by atoms with Crippen LogP contribution in [0.5, 0.6) is 5.75 Å². The van der Waals surface area contributed by atoms with E-state index in [2.05, 4.69) is 37.2 Å². The van der Waals surface area contributed by atoms with Crippen molar-refractivity contribution in [3.8, 4) is 5.75 Å². The van der Waals surface area contributed by atoms with Gasteiger partial charge in [0, 0.05) is 28.0 Å². The Hall–Kier alpha value is -2.64. The van der Waals surface area contributed by atoms with Crippen LogP contribution in [0.1, 0.15) is 36.1 Å². The van der Waals surface area contributed by atoms with Crippen molar-refractivity contribution in [1.29, 1.82) is 0 Å². The Bertz CT molecular complexity index is 1180. The molecule has 0 aliphatic rings. The first-order valence-electron chi connectivity index (χ1n) is 11.9. The van der Waals surface area contributed by atoms with Crippen LogP contribution in [0.3, 0.4) is 0 Å². The summed E-state index contributed by atoms with van der Waals surface area (Å²) in [6.07, 6.45) is 0.398. The summed E-state index contributed by atoms with van der Waals surface area (Å²) in [7, 11) is 0. The number of hydrogen-bond donors (Lipinski definition) is 1. The van der Waals surface area contributed by atoms with Crippen LogP contribution in [0.25, 0.3) is 0 Å². The van der Waals surface area contributed by atoms with Crippen molar-refractivity contribution in [1.82, 2.24) is 10.2 Å². The molecule has 0 saturated heterocycles. The predicted molar refractivity (Wildman–Crippen MR) is 151 cm³/mol. The van der Waals surface area contributed by atoms with Crippen LogP contribution in [0.15, 0.2) is 75.7 Å². The average molecular weight is 616 g/mol. The maximum absolute atomic E-state index is 13.7. The smallest absolute Gasteiger partial charge is 0.261 e. The van der Waals surface area contributed by atoms with E-state index in [-0.39, 0.29) is 31.0 Å². The van der Waals surface area contributed by atoms with Crippen LogP contribution in [0.4, 0.5) is 0 Å². The molecule has 0 aliphatic carbocycles. The van der Waals surface area contributed by atoms with Gasteiger partial charge in [0.15, 0.2) is 6.61 Å². The van der Waals surface area contributed by atoms with E-state index in [0.29, 0.717) is 12.2 Å². The molecule has 190 valence electrons. The molecule has 3 rings (SSSR count). The number of nitrogens with one attached hydrogen (secondary N) is 1. The van der Waals surface area contributed by atoms with Gasteiger partial charge in [-0.1, -0.05) is 74.3 Å². The van der Waals surface area contributed by atoms with Crippen molar-refractivity contribution in [2.24, 2.45) is 0 Å². The van der Waals surface area contributed by atoms with Crippen molar-refractivity contribution < 1.29 is 14.3 Å².